The van der Waals surface area contributed by atoms with Crippen LogP contribution in [0, 0.1) is 0 Å². The Morgan fingerprint density at radius 1 is 1.17 bits per heavy atom. The monoisotopic (exact) mass is 368 g/mol. The molecular weight excluding hydrogens is 336 g/mol. The zero-order valence-corrected chi connectivity index (χ0v) is 18.2. The van der Waals surface area contributed by atoms with Gasteiger partial charge in [-0.15, -0.1) is 0 Å². The molecule has 0 unspecified atom stereocenters. The SMILES string of the molecule is C[SiH2]OC(O[SiH2]C)C(C)(C)c1ccc(CCC[C@@H](N)C(N)=O)cc1. The van der Waals surface area contributed by atoms with Crippen molar-refractivity contribution in [2.24, 2.45) is 11.5 Å². The van der Waals surface area contributed by atoms with Crippen LogP contribution in [0.2, 0.25) is 13.1 Å². The van der Waals surface area contributed by atoms with Crippen LogP contribution < -0.4 is 11.5 Å². The third-order valence-corrected chi connectivity index (χ3v) is 5.54. The number of aryl methyl sites for hydroxylation is 1. The first-order valence-electron chi connectivity index (χ1n) is 8.70. The van der Waals surface area contributed by atoms with Gasteiger partial charge in [-0.2, -0.15) is 0 Å². The summed E-state index contributed by atoms with van der Waals surface area (Å²) in [4.78, 5) is 10.9. The molecule has 4 N–H and O–H groups in total. The highest BCUT2D eigenvalue weighted by molar-refractivity contribution is 6.26. The zero-order valence-electron chi connectivity index (χ0n) is 15.4. The Bertz CT molecular complexity index is 503. The first-order chi connectivity index (χ1) is 11.3. The number of carbonyl (C=O) groups excluding carboxylic acids is 1. The van der Waals surface area contributed by atoms with Crippen molar-refractivity contribution < 1.29 is 13.6 Å². The highest BCUT2D eigenvalue weighted by Crippen LogP contribution is 2.30. The maximum absolute atomic E-state index is 10.9. The van der Waals surface area contributed by atoms with Crippen molar-refractivity contribution in [1.29, 1.82) is 0 Å². The van der Waals surface area contributed by atoms with Gasteiger partial charge < -0.3 is 20.3 Å². The maximum Gasteiger partial charge on any atom is 0.234 e. The van der Waals surface area contributed by atoms with E-state index in [0.29, 0.717) is 6.42 Å². The van der Waals surface area contributed by atoms with Gasteiger partial charge in [0.25, 0.3) is 0 Å². The molecule has 0 aliphatic heterocycles. The topological polar surface area (TPSA) is 87.6 Å². The lowest BCUT2D eigenvalue weighted by molar-refractivity contribution is -0.119. The van der Waals surface area contributed by atoms with Crippen LogP contribution in [-0.4, -0.2) is 37.8 Å². The van der Waals surface area contributed by atoms with Gasteiger partial charge in [-0.05, 0) is 30.4 Å². The Hall–Kier alpha value is -0.996. The normalized spacial score (nSPS) is 15.4. The van der Waals surface area contributed by atoms with Gasteiger partial charge in [0.05, 0.1) is 6.04 Å². The third-order valence-electron chi connectivity index (χ3n) is 4.27. The summed E-state index contributed by atoms with van der Waals surface area (Å²) in [5.41, 5.74) is 13.1. The number of rotatable bonds is 11. The van der Waals surface area contributed by atoms with Crippen LogP contribution in [0.15, 0.2) is 24.3 Å². The first kappa shape index (κ1) is 21.0. The van der Waals surface area contributed by atoms with Crippen LogP contribution in [-0.2, 0) is 25.5 Å². The predicted octanol–water partition coefficient (Wildman–Crippen LogP) is 0.723. The first-order valence-corrected chi connectivity index (χ1v) is 12.7. The minimum Gasteiger partial charge on any atom is -0.400 e. The lowest BCUT2D eigenvalue weighted by Gasteiger charge is -2.35. The number of amides is 1. The molecule has 0 aliphatic carbocycles. The van der Waals surface area contributed by atoms with Crippen molar-refractivity contribution in [1.82, 2.24) is 0 Å². The van der Waals surface area contributed by atoms with Crippen LogP contribution in [0.5, 0.6) is 0 Å². The third kappa shape index (κ3) is 6.14. The molecule has 0 aliphatic rings. The van der Waals surface area contributed by atoms with E-state index in [1.165, 1.54) is 11.1 Å². The van der Waals surface area contributed by atoms with Crippen molar-refractivity contribution in [2.45, 2.75) is 64.0 Å². The van der Waals surface area contributed by atoms with Crippen molar-refractivity contribution in [2.75, 3.05) is 0 Å². The van der Waals surface area contributed by atoms with Gasteiger partial charge in [-0.1, -0.05) is 51.2 Å². The van der Waals surface area contributed by atoms with E-state index in [-0.39, 0.29) is 11.7 Å². The quantitative estimate of drug-likeness (QED) is 0.445. The summed E-state index contributed by atoms with van der Waals surface area (Å²) in [6, 6.07) is 8.03. The van der Waals surface area contributed by atoms with Crippen LogP contribution in [0.3, 0.4) is 0 Å². The minimum atomic E-state index is -0.547. The van der Waals surface area contributed by atoms with E-state index in [4.69, 9.17) is 20.3 Å². The average Bonchev–Trinajstić information content (AvgIpc) is 2.55. The molecule has 1 aromatic rings. The van der Waals surface area contributed by atoms with Gasteiger partial charge in [0.1, 0.15) is 6.29 Å². The molecule has 0 spiro atoms. The largest absolute Gasteiger partial charge is 0.400 e. The summed E-state index contributed by atoms with van der Waals surface area (Å²) < 4.78 is 11.9. The van der Waals surface area contributed by atoms with Gasteiger partial charge in [0, 0.05) is 5.41 Å². The molecule has 0 radical (unpaired) electrons. The summed E-state index contributed by atoms with van der Waals surface area (Å²) in [7, 11) is -1.05. The second-order valence-corrected chi connectivity index (χ2v) is 8.38. The number of hydrogen-bond donors (Lipinski definition) is 2. The Kier molecular flexibility index (Phi) is 8.86. The van der Waals surface area contributed by atoms with E-state index >= 15 is 0 Å². The van der Waals surface area contributed by atoms with Crippen LogP contribution in [0.25, 0.3) is 0 Å². The summed E-state index contributed by atoms with van der Waals surface area (Å²) >= 11 is 0. The average molecular weight is 369 g/mol. The van der Waals surface area contributed by atoms with Gasteiger partial charge in [-0.25, -0.2) is 0 Å². The Morgan fingerprint density at radius 3 is 2.17 bits per heavy atom. The van der Waals surface area contributed by atoms with Gasteiger partial charge in [-0.3, -0.25) is 4.79 Å². The molecule has 1 atom stereocenters. The Morgan fingerprint density at radius 2 is 1.71 bits per heavy atom. The summed E-state index contributed by atoms with van der Waals surface area (Å²) in [6.07, 6.45) is 2.21. The van der Waals surface area contributed by atoms with Crippen LogP contribution in [0.4, 0.5) is 0 Å². The zero-order chi connectivity index (χ0) is 18.2. The smallest absolute Gasteiger partial charge is 0.234 e. The predicted molar refractivity (Wildman–Crippen MR) is 104 cm³/mol. The van der Waals surface area contributed by atoms with E-state index in [2.05, 4.69) is 51.2 Å². The molecule has 0 saturated heterocycles. The summed E-state index contributed by atoms with van der Waals surface area (Å²) in [6.45, 7) is 8.60. The standard InChI is InChI=1S/C17H32N2O3Si2/c1-17(2,16(21-23-3)22-24-4)13-10-8-12(9-11-13)6-5-7-14(18)15(19)20/h8-11,14,16H,5-7,18,23-24H2,1-4H3,(H2,19,20)/t14-/m1/s1. The molecule has 1 rings (SSSR count). The summed E-state index contributed by atoms with van der Waals surface area (Å²) in [5, 5.41) is 0. The van der Waals surface area contributed by atoms with Crippen LogP contribution >= 0.6 is 0 Å². The van der Waals surface area contributed by atoms with Crippen molar-refractivity contribution in [3.8, 4) is 0 Å². The van der Waals surface area contributed by atoms with Gasteiger partial charge in [0.2, 0.25) is 5.91 Å². The number of carbonyl (C=O) groups is 1. The molecule has 0 fully saturated rings. The molecule has 0 heterocycles. The lowest BCUT2D eigenvalue weighted by atomic mass is 9.83. The molecule has 0 bridgehead atoms. The van der Waals surface area contributed by atoms with E-state index in [1.54, 1.807) is 0 Å². The fourth-order valence-electron chi connectivity index (χ4n) is 2.67. The van der Waals surface area contributed by atoms with Gasteiger partial charge in [0.15, 0.2) is 19.5 Å². The van der Waals surface area contributed by atoms with Crippen molar-refractivity contribution >= 4 is 25.4 Å². The fraction of sp³-hybridized carbons (Fsp3) is 0.588. The van der Waals surface area contributed by atoms with E-state index < -0.39 is 31.5 Å². The van der Waals surface area contributed by atoms with E-state index in [0.717, 1.165) is 12.8 Å². The Balaban J connectivity index is 2.69. The molecular formula is C17H32N2O3Si2. The van der Waals surface area contributed by atoms with E-state index in [1.807, 2.05) is 0 Å². The molecule has 0 aromatic heterocycles. The molecule has 7 heteroatoms. The molecule has 1 aromatic carbocycles. The molecule has 0 saturated carbocycles. The second-order valence-electron chi connectivity index (χ2n) is 6.56. The fourth-order valence-corrected chi connectivity index (χ4v) is 4.50. The second kappa shape index (κ2) is 10.1. The molecule has 24 heavy (non-hydrogen) atoms. The number of primary amides is 1. The molecule has 5 nitrogen and oxygen atoms in total. The van der Waals surface area contributed by atoms with Crippen LogP contribution in [0.1, 0.15) is 37.8 Å². The van der Waals surface area contributed by atoms with Crippen molar-refractivity contribution in [3.63, 3.8) is 0 Å². The van der Waals surface area contributed by atoms with Gasteiger partial charge >= 0.3 is 0 Å². The van der Waals surface area contributed by atoms with E-state index in [9.17, 15) is 4.79 Å². The molecule has 136 valence electrons. The van der Waals surface area contributed by atoms with Crippen molar-refractivity contribution in [3.05, 3.63) is 35.4 Å². The maximum atomic E-state index is 10.9. The number of hydrogen-bond acceptors (Lipinski definition) is 4. The highest BCUT2D eigenvalue weighted by atomic mass is 28.2. The number of benzene rings is 1. The Labute approximate surface area is 150 Å². The molecule has 1 amide bonds. The number of nitrogens with two attached hydrogens (primary N) is 2. The minimum absolute atomic E-state index is 0.148. The lowest BCUT2D eigenvalue weighted by Crippen LogP contribution is -2.39. The highest BCUT2D eigenvalue weighted by Gasteiger charge is 2.32. The summed E-state index contributed by atoms with van der Waals surface area (Å²) in [5.74, 6) is -0.433.